The van der Waals surface area contributed by atoms with Gasteiger partial charge in [-0.2, -0.15) is 0 Å². The molecule has 0 saturated carbocycles. The molecule has 0 bridgehead atoms. The molecule has 114 valence electrons. The number of nitrogens with one attached hydrogen (secondary N) is 1. The van der Waals surface area contributed by atoms with E-state index in [2.05, 4.69) is 55.3 Å². The first-order chi connectivity index (χ1) is 9.72. The molecule has 1 atom stereocenters. The third kappa shape index (κ3) is 5.61. The summed E-state index contributed by atoms with van der Waals surface area (Å²) in [6.45, 7) is 11.5. The highest BCUT2D eigenvalue weighted by Gasteiger charge is 2.13. The van der Waals surface area contributed by atoms with Crippen LogP contribution in [0.2, 0.25) is 0 Å². The SMILES string of the molecule is CCNCCc1ccccc1CN(CC)C(C)COC. The van der Waals surface area contributed by atoms with Gasteiger partial charge >= 0.3 is 0 Å². The van der Waals surface area contributed by atoms with Gasteiger partial charge in [0, 0.05) is 19.7 Å². The van der Waals surface area contributed by atoms with Gasteiger partial charge in [-0.25, -0.2) is 0 Å². The molecule has 1 N–H and O–H groups in total. The summed E-state index contributed by atoms with van der Waals surface area (Å²) < 4.78 is 5.28. The molecule has 0 radical (unpaired) electrons. The molecule has 1 aromatic rings. The third-order valence-electron chi connectivity index (χ3n) is 3.75. The summed E-state index contributed by atoms with van der Waals surface area (Å²) >= 11 is 0. The molecule has 0 amide bonds. The van der Waals surface area contributed by atoms with E-state index in [1.54, 1.807) is 7.11 Å². The first-order valence-electron chi connectivity index (χ1n) is 7.73. The number of hydrogen-bond donors (Lipinski definition) is 1. The Morgan fingerprint density at radius 1 is 1.20 bits per heavy atom. The number of methoxy groups -OCH3 is 1. The van der Waals surface area contributed by atoms with Crippen LogP contribution in [0.1, 0.15) is 31.9 Å². The van der Waals surface area contributed by atoms with Gasteiger partial charge < -0.3 is 10.1 Å². The Morgan fingerprint density at radius 3 is 2.50 bits per heavy atom. The average molecular weight is 278 g/mol. The lowest BCUT2D eigenvalue weighted by Gasteiger charge is -2.28. The third-order valence-corrected chi connectivity index (χ3v) is 3.75. The second-order valence-electron chi connectivity index (χ2n) is 5.24. The Kier molecular flexibility index (Phi) is 8.51. The molecule has 3 heteroatoms. The molecular formula is C17H30N2O. The van der Waals surface area contributed by atoms with Gasteiger partial charge in [-0.1, -0.05) is 38.1 Å². The van der Waals surface area contributed by atoms with Crippen molar-refractivity contribution in [3.63, 3.8) is 0 Å². The van der Waals surface area contributed by atoms with Crippen LogP contribution in [0.3, 0.4) is 0 Å². The van der Waals surface area contributed by atoms with Crippen LogP contribution in [-0.2, 0) is 17.7 Å². The minimum Gasteiger partial charge on any atom is -0.383 e. The van der Waals surface area contributed by atoms with Gasteiger partial charge in [0.15, 0.2) is 0 Å². The normalized spacial score (nSPS) is 12.8. The molecule has 3 nitrogen and oxygen atoms in total. The second kappa shape index (κ2) is 9.92. The first-order valence-corrected chi connectivity index (χ1v) is 7.73. The predicted octanol–water partition coefficient (Wildman–Crippen LogP) is 2.70. The van der Waals surface area contributed by atoms with Gasteiger partial charge in [-0.3, -0.25) is 4.90 Å². The van der Waals surface area contributed by atoms with E-state index < -0.39 is 0 Å². The summed E-state index contributed by atoms with van der Waals surface area (Å²) in [7, 11) is 1.77. The van der Waals surface area contributed by atoms with E-state index >= 15 is 0 Å². The van der Waals surface area contributed by atoms with Gasteiger partial charge in [0.1, 0.15) is 0 Å². The molecule has 0 aromatic heterocycles. The van der Waals surface area contributed by atoms with Crippen LogP contribution in [0.25, 0.3) is 0 Å². The first kappa shape index (κ1) is 17.2. The lowest BCUT2D eigenvalue weighted by atomic mass is 10.0. The average Bonchev–Trinajstić information content (AvgIpc) is 2.46. The molecule has 20 heavy (non-hydrogen) atoms. The number of likely N-dealkylation sites (N-methyl/N-ethyl adjacent to an activating group) is 2. The van der Waals surface area contributed by atoms with Crippen LogP contribution in [-0.4, -0.2) is 44.3 Å². The molecule has 0 aliphatic rings. The van der Waals surface area contributed by atoms with Crippen molar-refractivity contribution in [2.45, 2.75) is 39.8 Å². The minimum absolute atomic E-state index is 0.451. The zero-order chi connectivity index (χ0) is 14.8. The summed E-state index contributed by atoms with van der Waals surface area (Å²) in [5, 5.41) is 3.40. The number of ether oxygens (including phenoxy) is 1. The van der Waals surface area contributed by atoms with E-state index in [0.717, 1.165) is 39.2 Å². The van der Waals surface area contributed by atoms with Crippen molar-refractivity contribution in [3.05, 3.63) is 35.4 Å². The summed E-state index contributed by atoms with van der Waals surface area (Å²) in [6.07, 6.45) is 1.10. The highest BCUT2D eigenvalue weighted by Crippen LogP contribution is 2.14. The molecule has 0 aliphatic heterocycles. The van der Waals surface area contributed by atoms with Crippen molar-refractivity contribution in [2.24, 2.45) is 0 Å². The van der Waals surface area contributed by atoms with Gasteiger partial charge in [-0.15, -0.1) is 0 Å². The van der Waals surface area contributed by atoms with Crippen LogP contribution in [0.5, 0.6) is 0 Å². The van der Waals surface area contributed by atoms with Crippen molar-refractivity contribution < 1.29 is 4.74 Å². The largest absolute Gasteiger partial charge is 0.383 e. The Morgan fingerprint density at radius 2 is 1.90 bits per heavy atom. The molecule has 0 fully saturated rings. The molecule has 1 aromatic carbocycles. The Labute approximate surface area is 124 Å². The maximum Gasteiger partial charge on any atom is 0.0615 e. The fourth-order valence-corrected chi connectivity index (χ4v) is 2.50. The summed E-state index contributed by atoms with van der Waals surface area (Å²) in [5.41, 5.74) is 2.90. The minimum atomic E-state index is 0.451. The Bertz CT molecular complexity index is 368. The number of rotatable bonds is 10. The van der Waals surface area contributed by atoms with E-state index in [4.69, 9.17) is 4.74 Å². The van der Waals surface area contributed by atoms with Crippen LogP contribution in [0, 0.1) is 0 Å². The van der Waals surface area contributed by atoms with E-state index in [9.17, 15) is 0 Å². The molecule has 0 saturated heterocycles. The zero-order valence-corrected chi connectivity index (χ0v) is 13.5. The topological polar surface area (TPSA) is 24.5 Å². The Hall–Kier alpha value is -0.900. The summed E-state index contributed by atoms with van der Waals surface area (Å²) in [6, 6.07) is 9.23. The highest BCUT2D eigenvalue weighted by molar-refractivity contribution is 5.27. The van der Waals surface area contributed by atoms with E-state index in [1.165, 1.54) is 11.1 Å². The van der Waals surface area contributed by atoms with Gasteiger partial charge in [-0.05, 0) is 44.1 Å². The predicted molar refractivity (Wildman–Crippen MR) is 86.1 cm³/mol. The van der Waals surface area contributed by atoms with Crippen LogP contribution >= 0.6 is 0 Å². The Balaban J connectivity index is 2.69. The molecular weight excluding hydrogens is 248 g/mol. The fraction of sp³-hybridized carbons (Fsp3) is 0.647. The lowest BCUT2D eigenvalue weighted by Crippen LogP contribution is -2.35. The number of hydrogen-bond acceptors (Lipinski definition) is 3. The van der Waals surface area contributed by atoms with Crippen molar-refractivity contribution in [3.8, 4) is 0 Å². The highest BCUT2D eigenvalue weighted by atomic mass is 16.5. The molecule has 0 aliphatic carbocycles. The smallest absolute Gasteiger partial charge is 0.0615 e. The van der Waals surface area contributed by atoms with E-state index in [0.29, 0.717) is 6.04 Å². The van der Waals surface area contributed by atoms with Crippen LogP contribution in [0.4, 0.5) is 0 Å². The van der Waals surface area contributed by atoms with Crippen molar-refractivity contribution >= 4 is 0 Å². The maximum absolute atomic E-state index is 5.28. The monoisotopic (exact) mass is 278 g/mol. The number of benzene rings is 1. The van der Waals surface area contributed by atoms with Gasteiger partial charge in [0.25, 0.3) is 0 Å². The fourth-order valence-electron chi connectivity index (χ4n) is 2.50. The van der Waals surface area contributed by atoms with Crippen molar-refractivity contribution in [1.82, 2.24) is 10.2 Å². The number of nitrogens with zero attached hydrogens (tertiary/aromatic N) is 1. The van der Waals surface area contributed by atoms with Crippen LogP contribution in [0.15, 0.2) is 24.3 Å². The van der Waals surface area contributed by atoms with E-state index in [1.807, 2.05) is 0 Å². The summed E-state index contributed by atoms with van der Waals surface area (Å²) in [4.78, 5) is 2.47. The zero-order valence-electron chi connectivity index (χ0n) is 13.5. The quantitative estimate of drug-likeness (QED) is 0.666. The van der Waals surface area contributed by atoms with Crippen LogP contribution < -0.4 is 5.32 Å². The molecule has 0 heterocycles. The van der Waals surface area contributed by atoms with Gasteiger partial charge in [0.2, 0.25) is 0 Å². The van der Waals surface area contributed by atoms with Crippen molar-refractivity contribution in [2.75, 3.05) is 33.4 Å². The molecule has 1 rings (SSSR count). The van der Waals surface area contributed by atoms with Gasteiger partial charge in [0.05, 0.1) is 6.61 Å². The summed E-state index contributed by atoms with van der Waals surface area (Å²) in [5.74, 6) is 0. The standard InChI is InChI=1S/C17H30N2O/c1-5-18-12-11-16-9-7-8-10-17(16)13-19(6-2)15(3)14-20-4/h7-10,15,18H,5-6,11-14H2,1-4H3. The van der Waals surface area contributed by atoms with E-state index in [-0.39, 0.29) is 0 Å². The molecule has 0 spiro atoms. The second-order valence-corrected chi connectivity index (χ2v) is 5.24. The molecule has 1 unspecified atom stereocenters. The maximum atomic E-state index is 5.28. The lowest BCUT2D eigenvalue weighted by molar-refractivity contribution is 0.0980. The van der Waals surface area contributed by atoms with Crippen molar-refractivity contribution in [1.29, 1.82) is 0 Å².